The van der Waals surface area contributed by atoms with Crippen LogP contribution < -0.4 is 4.72 Å². The predicted octanol–water partition coefficient (Wildman–Crippen LogP) is 5.67. The van der Waals surface area contributed by atoms with E-state index in [9.17, 15) is 18.0 Å². The molecule has 0 aliphatic carbocycles. The van der Waals surface area contributed by atoms with E-state index >= 15 is 0 Å². The highest BCUT2D eigenvalue weighted by Crippen LogP contribution is 2.30. The van der Waals surface area contributed by atoms with Gasteiger partial charge in [-0.15, -0.1) is 0 Å². The molecule has 0 bridgehead atoms. The third-order valence-electron chi connectivity index (χ3n) is 6.38. The van der Waals surface area contributed by atoms with E-state index in [-0.39, 0.29) is 10.8 Å². The molecule has 0 heterocycles. The SMILES string of the molecule is COC(=O)[C@H](C)N(C)C(=O)c1c(C)cc(-c2cccc(NS(=O)(=O)c3cc(C)c(Cl)cc3C)c2)cc1C. The Balaban J connectivity index is 1.93. The number of halogens is 1. The summed E-state index contributed by atoms with van der Waals surface area (Å²) in [5.74, 6) is -0.777. The van der Waals surface area contributed by atoms with Gasteiger partial charge in [-0.05, 0) is 92.3 Å². The van der Waals surface area contributed by atoms with Gasteiger partial charge in [-0.25, -0.2) is 13.2 Å². The fourth-order valence-electron chi connectivity index (χ4n) is 4.16. The van der Waals surface area contributed by atoms with Crippen LogP contribution in [0.2, 0.25) is 5.02 Å². The van der Waals surface area contributed by atoms with Crippen LogP contribution in [-0.2, 0) is 19.6 Å². The van der Waals surface area contributed by atoms with Crippen LogP contribution in [0.15, 0.2) is 53.4 Å². The summed E-state index contributed by atoms with van der Waals surface area (Å²) in [6.07, 6.45) is 0. The van der Waals surface area contributed by atoms with Gasteiger partial charge in [0.05, 0.1) is 12.0 Å². The monoisotopic (exact) mass is 542 g/mol. The summed E-state index contributed by atoms with van der Waals surface area (Å²) in [5, 5.41) is 0.511. The number of anilines is 1. The van der Waals surface area contributed by atoms with Crippen molar-refractivity contribution in [3.05, 3.63) is 81.4 Å². The molecule has 0 saturated carbocycles. The van der Waals surface area contributed by atoms with Crippen molar-refractivity contribution < 1.29 is 22.7 Å². The molecule has 3 rings (SSSR count). The van der Waals surface area contributed by atoms with Gasteiger partial charge in [-0.3, -0.25) is 9.52 Å². The molecule has 3 aromatic carbocycles. The molecule has 0 aromatic heterocycles. The molecule has 0 aliphatic rings. The number of esters is 1. The molecule has 7 nitrogen and oxygen atoms in total. The van der Waals surface area contributed by atoms with Crippen molar-refractivity contribution in [2.75, 3.05) is 18.9 Å². The molecule has 37 heavy (non-hydrogen) atoms. The molecule has 1 atom stereocenters. The Bertz CT molecular complexity index is 1460. The predicted molar refractivity (Wildman–Crippen MR) is 147 cm³/mol. The first-order valence-electron chi connectivity index (χ1n) is 11.6. The van der Waals surface area contributed by atoms with Gasteiger partial charge in [0.25, 0.3) is 15.9 Å². The second-order valence-corrected chi connectivity index (χ2v) is 11.2. The minimum absolute atomic E-state index is 0.166. The lowest BCUT2D eigenvalue weighted by Gasteiger charge is -2.24. The van der Waals surface area contributed by atoms with Gasteiger partial charge in [-0.1, -0.05) is 35.9 Å². The molecule has 0 saturated heterocycles. The minimum atomic E-state index is -3.84. The molecular formula is C28H31ClN2O5S. The van der Waals surface area contributed by atoms with Crippen molar-refractivity contribution >= 4 is 39.2 Å². The highest BCUT2D eigenvalue weighted by molar-refractivity contribution is 7.92. The Labute approximate surface area is 223 Å². The van der Waals surface area contributed by atoms with Crippen LogP contribution in [-0.4, -0.2) is 45.4 Å². The summed E-state index contributed by atoms with van der Waals surface area (Å²) in [6, 6.07) is 13.3. The smallest absolute Gasteiger partial charge is 0.328 e. The summed E-state index contributed by atoms with van der Waals surface area (Å²) in [4.78, 5) is 26.6. The molecule has 0 aliphatic heterocycles. The van der Waals surface area contributed by atoms with Gasteiger partial charge >= 0.3 is 5.97 Å². The molecular weight excluding hydrogens is 512 g/mol. The normalized spacial score (nSPS) is 12.1. The number of carbonyl (C=O) groups excluding carboxylic acids is 2. The minimum Gasteiger partial charge on any atom is -0.467 e. The van der Waals surface area contributed by atoms with Gasteiger partial charge in [0, 0.05) is 23.3 Å². The van der Waals surface area contributed by atoms with E-state index in [1.54, 1.807) is 58.2 Å². The Morgan fingerprint density at radius 2 is 1.54 bits per heavy atom. The summed E-state index contributed by atoms with van der Waals surface area (Å²) in [6.45, 7) is 8.74. The van der Waals surface area contributed by atoms with Gasteiger partial charge in [0.15, 0.2) is 0 Å². The Hall–Kier alpha value is -3.36. The topological polar surface area (TPSA) is 92.8 Å². The van der Waals surface area contributed by atoms with Crippen LogP contribution in [0.4, 0.5) is 5.69 Å². The lowest BCUT2D eigenvalue weighted by molar-refractivity contribution is -0.144. The number of likely N-dealkylation sites (N-methyl/N-ethyl adjacent to an activating group) is 1. The lowest BCUT2D eigenvalue weighted by atomic mass is 9.94. The zero-order chi connectivity index (χ0) is 27.7. The number of nitrogens with zero attached hydrogens (tertiary/aromatic N) is 1. The van der Waals surface area contributed by atoms with Gasteiger partial charge in [0.2, 0.25) is 0 Å². The summed E-state index contributed by atoms with van der Waals surface area (Å²) in [7, 11) is -0.988. The van der Waals surface area contributed by atoms with Crippen molar-refractivity contribution in [2.45, 2.75) is 45.6 Å². The molecule has 9 heteroatoms. The van der Waals surface area contributed by atoms with E-state index in [4.69, 9.17) is 16.3 Å². The number of carbonyl (C=O) groups is 2. The second kappa shape index (κ2) is 10.9. The van der Waals surface area contributed by atoms with Crippen molar-refractivity contribution in [3.63, 3.8) is 0 Å². The molecule has 196 valence electrons. The van der Waals surface area contributed by atoms with Crippen LogP contribution in [0, 0.1) is 27.7 Å². The number of sulfonamides is 1. The van der Waals surface area contributed by atoms with Gasteiger partial charge < -0.3 is 9.64 Å². The molecule has 0 spiro atoms. The molecule has 3 aromatic rings. The highest BCUT2D eigenvalue weighted by Gasteiger charge is 2.26. The van der Waals surface area contributed by atoms with Crippen LogP contribution >= 0.6 is 11.6 Å². The highest BCUT2D eigenvalue weighted by atomic mass is 35.5. The van der Waals surface area contributed by atoms with E-state index in [0.717, 1.165) is 22.3 Å². The Kier molecular flexibility index (Phi) is 8.35. The zero-order valence-electron chi connectivity index (χ0n) is 22.0. The van der Waals surface area contributed by atoms with Crippen LogP contribution in [0.25, 0.3) is 11.1 Å². The maximum atomic E-state index is 13.1. The first kappa shape index (κ1) is 28.2. The molecule has 1 amide bonds. The van der Waals surface area contributed by atoms with Crippen molar-refractivity contribution in [2.24, 2.45) is 0 Å². The third kappa shape index (κ3) is 5.97. The standard InChI is InChI=1S/C28H31ClN2O5S/c1-16-14-25(17(2)13-24(16)29)37(34,35)30-23-10-8-9-21(15-23)22-11-18(3)26(19(4)12-22)27(32)31(6)20(5)28(33)36-7/h8-15,20,30H,1-7H3/t20-/m0/s1. The number of benzene rings is 3. The van der Waals surface area contributed by atoms with E-state index in [1.807, 2.05) is 32.0 Å². The number of rotatable bonds is 7. The second-order valence-electron chi connectivity index (χ2n) is 9.15. The number of amides is 1. The number of aryl methyl sites for hydroxylation is 4. The van der Waals surface area contributed by atoms with E-state index in [0.29, 0.717) is 27.4 Å². The maximum absolute atomic E-state index is 13.1. The average Bonchev–Trinajstić information content (AvgIpc) is 2.83. The largest absolute Gasteiger partial charge is 0.467 e. The first-order chi connectivity index (χ1) is 17.3. The average molecular weight is 543 g/mol. The van der Waals surface area contributed by atoms with E-state index in [2.05, 4.69) is 4.72 Å². The number of methoxy groups -OCH3 is 1. The molecule has 0 radical (unpaired) electrons. The van der Waals surface area contributed by atoms with Crippen LogP contribution in [0.5, 0.6) is 0 Å². The number of ether oxygens (including phenoxy) is 1. The maximum Gasteiger partial charge on any atom is 0.328 e. The lowest BCUT2D eigenvalue weighted by Crippen LogP contribution is -2.41. The Morgan fingerprint density at radius 3 is 2.14 bits per heavy atom. The zero-order valence-corrected chi connectivity index (χ0v) is 23.5. The summed E-state index contributed by atoms with van der Waals surface area (Å²) in [5.41, 5.74) is 5.23. The van der Waals surface area contributed by atoms with Crippen molar-refractivity contribution in [3.8, 4) is 11.1 Å². The van der Waals surface area contributed by atoms with Crippen LogP contribution in [0.1, 0.15) is 39.5 Å². The Morgan fingerprint density at radius 1 is 0.919 bits per heavy atom. The molecule has 0 unspecified atom stereocenters. The molecule has 1 N–H and O–H groups in total. The summed E-state index contributed by atoms with van der Waals surface area (Å²) < 4.78 is 33.7. The first-order valence-corrected chi connectivity index (χ1v) is 13.5. The van der Waals surface area contributed by atoms with Crippen molar-refractivity contribution in [1.29, 1.82) is 0 Å². The quantitative estimate of drug-likeness (QED) is 0.388. The summed E-state index contributed by atoms with van der Waals surface area (Å²) >= 11 is 6.13. The number of hydrogen-bond acceptors (Lipinski definition) is 5. The number of hydrogen-bond donors (Lipinski definition) is 1. The van der Waals surface area contributed by atoms with Gasteiger partial charge in [0.1, 0.15) is 6.04 Å². The van der Waals surface area contributed by atoms with Crippen LogP contribution in [0.3, 0.4) is 0 Å². The van der Waals surface area contributed by atoms with E-state index < -0.39 is 22.0 Å². The third-order valence-corrected chi connectivity index (χ3v) is 8.31. The fraction of sp³-hybridized carbons (Fsp3) is 0.286. The van der Waals surface area contributed by atoms with E-state index in [1.165, 1.54) is 12.0 Å². The fourth-order valence-corrected chi connectivity index (χ4v) is 5.74. The van der Waals surface area contributed by atoms with Crippen molar-refractivity contribution in [1.82, 2.24) is 4.90 Å². The van der Waals surface area contributed by atoms with Gasteiger partial charge in [-0.2, -0.15) is 0 Å². The number of nitrogens with one attached hydrogen (secondary N) is 1. The molecule has 0 fully saturated rings.